The lowest BCUT2D eigenvalue weighted by molar-refractivity contribution is 0.102. The summed E-state index contributed by atoms with van der Waals surface area (Å²) in [6.45, 7) is 0.372. The summed E-state index contributed by atoms with van der Waals surface area (Å²) in [5.74, 6) is 1.27. The highest BCUT2D eigenvalue weighted by atomic mass is 16.5. The molecule has 1 N–H and O–H groups in total. The van der Waals surface area contributed by atoms with Crippen LogP contribution in [0.2, 0.25) is 0 Å². The average molecular weight is 387 g/mol. The number of fused-ring (bicyclic) bond motifs is 1. The van der Waals surface area contributed by atoms with Crippen LogP contribution in [0.4, 0.5) is 5.82 Å². The normalized spacial score (nSPS) is 13.6. The van der Waals surface area contributed by atoms with Crippen molar-refractivity contribution in [2.45, 2.75) is 25.4 Å². The second-order valence-electron chi connectivity index (χ2n) is 7.36. The largest absolute Gasteiger partial charge is 0.488 e. The van der Waals surface area contributed by atoms with E-state index >= 15 is 0 Å². The van der Waals surface area contributed by atoms with Crippen LogP contribution < -0.4 is 10.1 Å². The summed E-state index contributed by atoms with van der Waals surface area (Å²) in [5.41, 5.74) is 3.33. The summed E-state index contributed by atoms with van der Waals surface area (Å²) in [5, 5.41) is 7.06. The molecule has 1 fully saturated rings. The van der Waals surface area contributed by atoms with Crippen LogP contribution in [0.15, 0.2) is 61.1 Å². The van der Waals surface area contributed by atoms with Gasteiger partial charge in [-0.1, -0.05) is 30.3 Å². The van der Waals surface area contributed by atoms with E-state index in [1.54, 1.807) is 30.2 Å². The Morgan fingerprint density at radius 3 is 2.76 bits per heavy atom. The number of pyridine rings is 1. The molecular formula is C22H21N5O2. The number of carbonyl (C=O) groups excluding carboxylic acids is 1. The highest BCUT2D eigenvalue weighted by Gasteiger charge is 2.27. The molecule has 3 heterocycles. The van der Waals surface area contributed by atoms with Crippen LogP contribution in [0.1, 0.15) is 40.4 Å². The number of anilines is 1. The summed E-state index contributed by atoms with van der Waals surface area (Å²) >= 11 is 0. The third-order valence-corrected chi connectivity index (χ3v) is 5.01. The molecule has 1 aliphatic carbocycles. The number of ether oxygens (including phenoxy) is 1. The molecule has 3 aromatic heterocycles. The van der Waals surface area contributed by atoms with Crippen LogP contribution in [0.5, 0.6) is 5.75 Å². The molecule has 5 rings (SSSR count). The van der Waals surface area contributed by atoms with Crippen molar-refractivity contribution in [1.82, 2.24) is 19.2 Å². The molecule has 1 amide bonds. The molecule has 0 radical (unpaired) electrons. The number of benzene rings is 1. The highest BCUT2D eigenvalue weighted by Crippen LogP contribution is 2.39. The minimum absolute atomic E-state index is 0.268. The van der Waals surface area contributed by atoms with Gasteiger partial charge in [0.1, 0.15) is 18.0 Å². The first-order valence-electron chi connectivity index (χ1n) is 9.66. The molecule has 0 bridgehead atoms. The first kappa shape index (κ1) is 17.5. The summed E-state index contributed by atoms with van der Waals surface area (Å²) in [4.78, 5) is 17.7. The van der Waals surface area contributed by atoms with Crippen LogP contribution in [-0.4, -0.2) is 25.1 Å². The maximum atomic E-state index is 13.0. The van der Waals surface area contributed by atoms with E-state index in [4.69, 9.17) is 9.72 Å². The fraction of sp³-hybridized carbons (Fsp3) is 0.227. The third-order valence-electron chi connectivity index (χ3n) is 5.01. The van der Waals surface area contributed by atoms with Gasteiger partial charge in [0.25, 0.3) is 5.91 Å². The van der Waals surface area contributed by atoms with Crippen molar-refractivity contribution in [3.63, 3.8) is 0 Å². The molecule has 0 spiro atoms. The van der Waals surface area contributed by atoms with Crippen LogP contribution in [0.3, 0.4) is 0 Å². The first-order valence-corrected chi connectivity index (χ1v) is 9.66. The highest BCUT2D eigenvalue weighted by molar-refractivity contribution is 6.05. The number of hydrogen-bond donors (Lipinski definition) is 1. The fourth-order valence-electron chi connectivity index (χ4n) is 3.30. The number of nitrogens with zero attached hydrogens (tertiary/aromatic N) is 4. The predicted octanol–water partition coefficient (Wildman–Crippen LogP) is 3.78. The summed E-state index contributed by atoms with van der Waals surface area (Å²) in [6, 6.07) is 13.5. The van der Waals surface area contributed by atoms with E-state index in [0.717, 1.165) is 16.9 Å². The number of aromatic nitrogens is 4. The Morgan fingerprint density at radius 1 is 1.21 bits per heavy atom. The van der Waals surface area contributed by atoms with E-state index in [9.17, 15) is 4.79 Å². The number of nitrogens with one attached hydrogen (secondary N) is 1. The fourth-order valence-corrected chi connectivity index (χ4v) is 3.30. The standard InChI is InChI=1S/C22H21N5O2/c1-26-10-9-20(25-26)24-22(28)17-12-27-13-18(16-7-8-16)23-21(27)11-19(17)29-14-15-5-3-2-4-6-15/h2-6,9-13,16H,7-8,14H2,1H3,(H,24,25,28). The van der Waals surface area contributed by atoms with Gasteiger partial charge in [0, 0.05) is 43.7 Å². The molecule has 4 aromatic rings. The average Bonchev–Trinajstić information content (AvgIpc) is 3.38. The van der Waals surface area contributed by atoms with Gasteiger partial charge in [-0.25, -0.2) is 4.98 Å². The molecule has 7 heteroatoms. The van der Waals surface area contributed by atoms with E-state index in [0.29, 0.717) is 29.7 Å². The van der Waals surface area contributed by atoms with Gasteiger partial charge in [0.2, 0.25) is 0 Å². The first-order chi connectivity index (χ1) is 14.2. The third kappa shape index (κ3) is 3.71. The van der Waals surface area contributed by atoms with E-state index in [1.165, 1.54) is 12.8 Å². The molecule has 1 aliphatic rings. The van der Waals surface area contributed by atoms with Gasteiger partial charge in [0.15, 0.2) is 5.82 Å². The van der Waals surface area contributed by atoms with E-state index < -0.39 is 0 Å². The van der Waals surface area contributed by atoms with Gasteiger partial charge in [-0.15, -0.1) is 0 Å². The van der Waals surface area contributed by atoms with Crippen molar-refractivity contribution in [2.24, 2.45) is 7.05 Å². The summed E-state index contributed by atoms with van der Waals surface area (Å²) in [6.07, 6.45) is 7.92. The van der Waals surface area contributed by atoms with Crippen LogP contribution in [0.25, 0.3) is 5.65 Å². The second kappa shape index (κ2) is 7.09. The van der Waals surface area contributed by atoms with Crippen molar-refractivity contribution in [3.05, 3.63) is 77.9 Å². The smallest absolute Gasteiger partial charge is 0.262 e. The van der Waals surface area contributed by atoms with Crippen molar-refractivity contribution in [3.8, 4) is 5.75 Å². The molecule has 7 nitrogen and oxygen atoms in total. The number of amides is 1. The van der Waals surface area contributed by atoms with Gasteiger partial charge < -0.3 is 14.5 Å². The molecular weight excluding hydrogens is 366 g/mol. The van der Waals surface area contributed by atoms with E-state index in [1.807, 2.05) is 47.0 Å². The van der Waals surface area contributed by atoms with E-state index in [-0.39, 0.29) is 5.91 Å². The molecule has 1 aromatic carbocycles. The lowest BCUT2D eigenvalue weighted by Crippen LogP contribution is -2.15. The van der Waals surface area contributed by atoms with Gasteiger partial charge in [-0.05, 0) is 18.4 Å². The monoisotopic (exact) mass is 387 g/mol. The summed E-state index contributed by atoms with van der Waals surface area (Å²) in [7, 11) is 1.81. The number of carbonyl (C=O) groups is 1. The zero-order chi connectivity index (χ0) is 19.8. The van der Waals surface area contributed by atoms with Crippen molar-refractivity contribution in [2.75, 3.05) is 5.32 Å². The zero-order valence-electron chi connectivity index (χ0n) is 16.1. The minimum atomic E-state index is -0.268. The van der Waals surface area contributed by atoms with Crippen LogP contribution in [0, 0.1) is 0 Å². The lowest BCUT2D eigenvalue weighted by atomic mass is 10.2. The molecule has 0 saturated heterocycles. The Morgan fingerprint density at radius 2 is 2.03 bits per heavy atom. The number of hydrogen-bond acceptors (Lipinski definition) is 4. The number of aryl methyl sites for hydroxylation is 1. The lowest BCUT2D eigenvalue weighted by Gasteiger charge is -2.12. The quantitative estimate of drug-likeness (QED) is 0.546. The SMILES string of the molecule is Cn1ccc(NC(=O)c2cn3cc(C4CC4)nc3cc2OCc2ccccc2)n1. The van der Waals surface area contributed by atoms with Gasteiger partial charge in [0.05, 0.1) is 11.3 Å². The van der Waals surface area contributed by atoms with Crippen LogP contribution >= 0.6 is 0 Å². The molecule has 1 saturated carbocycles. The van der Waals surface area contributed by atoms with E-state index in [2.05, 4.69) is 10.4 Å². The maximum Gasteiger partial charge on any atom is 0.262 e. The van der Waals surface area contributed by atoms with Gasteiger partial charge >= 0.3 is 0 Å². The predicted molar refractivity (Wildman–Crippen MR) is 109 cm³/mol. The Bertz CT molecular complexity index is 1170. The summed E-state index contributed by atoms with van der Waals surface area (Å²) < 4.78 is 9.58. The topological polar surface area (TPSA) is 73.5 Å². The van der Waals surface area contributed by atoms with Gasteiger partial charge in [-0.3, -0.25) is 9.48 Å². The molecule has 0 aliphatic heterocycles. The van der Waals surface area contributed by atoms with Gasteiger partial charge in [-0.2, -0.15) is 5.10 Å². The Kier molecular flexibility index (Phi) is 4.27. The zero-order valence-corrected chi connectivity index (χ0v) is 16.1. The van der Waals surface area contributed by atoms with Crippen LogP contribution in [-0.2, 0) is 13.7 Å². The maximum absolute atomic E-state index is 13.0. The minimum Gasteiger partial charge on any atom is -0.488 e. The van der Waals surface area contributed by atoms with Crippen molar-refractivity contribution >= 4 is 17.4 Å². The molecule has 29 heavy (non-hydrogen) atoms. The molecule has 0 atom stereocenters. The molecule has 146 valence electrons. The van der Waals surface area contributed by atoms with Crippen molar-refractivity contribution < 1.29 is 9.53 Å². The second-order valence-corrected chi connectivity index (χ2v) is 7.36. The Hall–Kier alpha value is -3.61. The molecule has 0 unspecified atom stereocenters. The Labute approximate surface area is 167 Å². The van der Waals surface area contributed by atoms with Crippen molar-refractivity contribution in [1.29, 1.82) is 0 Å². The number of rotatable bonds is 6. The Balaban J connectivity index is 1.48. The number of imidazole rings is 1.